The quantitative estimate of drug-likeness (QED) is 0.681. The molecular formula is C15H24O2. The molecule has 0 spiro atoms. The van der Waals surface area contributed by atoms with E-state index >= 15 is 0 Å². The van der Waals surface area contributed by atoms with Crippen molar-refractivity contribution in [3.8, 4) is 5.75 Å². The molecule has 0 N–H and O–H groups in total. The summed E-state index contributed by atoms with van der Waals surface area (Å²) in [5, 5.41) is 0. The van der Waals surface area contributed by atoms with Gasteiger partial charge in [-0.05, 0) is 31.4 Å². The molecule has 0 fully saturated rings. The molecule has 1 aliphatic rings. The van der Waals surface area contributed by atoms with Gasteiger partial charge in [-0.3, -0.25) is 4.79 Å². The van der Waals surface area contributed by atoms with Crippen LogP contribution in [-0.2, 0) is 6.42 Å². The molecule has 0 aromatic heterocycles. The van der Waals surface area contributed by atoms with Crippen LogP contribution in [0.1, 0.15) is 57.0 Å². The zero-order valence-electron chi connectivity index (χ0n) is 11.7. The third-order valence-electron chi connectivity index (χ3n) is 2.32. The van der Waals surface area contributed by atoms with E-state index in [1.165, 1.54) is 5.56 Å². The fraction of sp³-hybridized carbons (Fsp3) is 0.533. The van der Waals surface area contributed by atoms with Gasteiger partial charge >= 0.3 is 0 Å². The van der Waals surface area contributed by atoms with Gasteiger partial charge in [-0.2, -0.15) is 0 Å². The van der Waals surface area contributed by atoms with Crippen molar-refractivity contribution >= 4 is 5.78 Å². The maximum absolute atomic E-state index is 11.1. The van der Waals surface area contributed by atoms with E-state index in [1.54, 1.807) is 6.92 Å². The number of carbonyl (C=O) groups excluding carboxylic acids is 1. The van der Waals surface area contributed by atoms with Crippen LogP contribution in [0.5, 0.6) is 5.75 Å². The Morgan fingerprint density at radius 1 is 1.18 bits per heavy atom. The van der Waals surface area contributed by atoms with Crippen LogP contribution in [0.4, 0.5) is 0 Å². The molecule has 0 unspecified atom stereocenters. The van der Waals surface area contributed by atoms with Crippen LogP contribution in [0.25, 0.3) is 0 Å². The normalized spacial score (nSPS) is 11.8. The summed E-state index contributed by atoms with van der Waals surface area (Å²) >= 11 is 0. The third-order valence-corrected chi connectivity index (χ3v) is 2.32. The smallest absolute Gasteiger partial charge is 0.159 e. The number of aryl methyl sites for hydroxylation is 1. The number of hydrogen-bond acceptors (Lipinski definition) is 2. The predicted octanol–water partition coefficient (Wildman–Crippen LogP) is 4.27. The number of fused-ring (bicyclic) bond motifs is 1. The molecule has 0 amide bonds. The Labute approximate surface area is 105 Å². The van der Waals surface area contributed by atoms with E-state index in [0.717, 1.165) is 30.8 Å². The predicted molar refractivity (Wildman–Crippen MR) is 73.0 cm³/mol. The monoisotopic (exact) mass is 236 g/mol. The Hall–Kier alpha value is -1.31. The minimum absolute atomic E-state index is 0.0944. The summed E-state index contributed by atoms with van der Waals surface area (Å²) in [6.07, 6.45) is 2.14. The van der Waals surface area contributed by atoms with Crippen molar-refractivity contribution in [2.24, 2.45) is 0 Å². The summed E-state index contributed by atoms with van der Waals surface area (Å²) in [4.78, 5) is 11.1. The summed E-state index contributed by atoms with van der Waals surface area (Å²) in [5.41, 5.74) is 1.96. The van der Waals surface area contributed by atoms with Gasteiger partial charge in [0.25, 0.3) is 0 Å². The molecule has 17 heavy (non-hydrogen) atoms. The Kier molecular flexibility index (Phi) is 8.12. The molecule has 0 atom stereocenters. The standard InChI is InChI=1S/C11H12O2.2C2H6/c1-8(12)10-5-4-9-3-2-6-13-11(9)7-10;2*1-2/h4-5,7H,2-3,6H2,1H3;2*1-2H3. The molecule has 0 saturated carbocycles. The van der Waals surface area contributed by atoms with Gasteiger partial charge in [0.05, 0.1) is 6.61 Å². The summed E-state index contributed by atoms with van der Waals surface area (Å²) in [5.74, 6) is 0.982. The average molecular weight is 236 g/mol. The van der Waals surface area contributed by atoms with E-state index in [2.05, 4.69) is 0 Å². The van der Waals surface area contributed by atoms with Crippen molar-refractivity contribution in [1.29, 1.82) is 0 Å². The largest absolute Gasteiger partial charge is 0.493 e. The highest BCUT2D eigenvalue weighted by Crippen LogP contribution is 2.25. The van der Waals surface area contributed by atoms with Gasteiger partial charge < -0.3 is 4.74 Å². The van der Waals surface area contributed by atoms with Crippen LogP contribution in [0.15, 0.2) is 18.2 Å². The molecule has 1 aliphatic heterocycles. The van der Waals surface area contributed by atoms with Crippen molar-refractivity contribution in [3.05, 3.63) is 29.3 Å². The number of ketones is 1. The van der Waals surface area contributed by atoms with Crippen LogP contribution in [0.2, 0.25) is 0 Å². The number of hydrogen-bond donors (Lipinski definition) is 0. The van der Waals surface area contributed by atoms with Crippen molar-refractivity contribution in [3.63, 3.8) is 0 Å². The van der Waals surface area contributed by atoms with Crippen LogP contribution >= 0.6 is 0 Å². The summed E-state index contributed by atoms with van der Waals surface area (Å²) < 4.78 is 5.46. The SMILES string of the molecule is CC.CC.CC(=O)c1ccc2c(c1)OCCC2. The van der Waals surface area contributed by atoms with Crippen LogP contribution in [-0.4, -0.2) is 12.4 Å². The second-order valence-corrected chi connectivity index (χ2v) is 3.33. The highest BCUT2D eigenvalue weighted by atomic mass is 16.5. The lowest BCUT2D eigenvalue weighted by Gasteiger charge is -2.17. The molecule has 1 aromatic carbocycles. The topological polar surface area (TPSA) is 26.3 Å². The van der Waals surface area contributed by atoms with Gasteiger partial charge in [0.15, 0.2) is 5.78 Å². The van der Waals surface area contributed by atoms with Crippen LogP contribution in [0, 0.1) is 0 Å². The highest BCUT2D eigenvalue weighted by Gasteiger charge is 2.11. The minimum atomic E-state index is 0.0944. The molecule has 1 heterocycles. The fourth-order valence-corrected chi connectivity index (χ4v) is 1.56. The molecular weight excluding hydrogens is 212 g/mol. The molecule has 2 rings (SSSR count). The maximum Gasteiger partial charge on any atom is 0.159 e. The first-order valence-corrected chi connectivity index (χ1v) is 6.54. The van der Waals surface area contributed by atoms with Gasteiger partial charge in [0.1, 0.15) is 5.75 Å². The lowest BCUT2D eigenvalue weighted by Crippen LogP contribution is -2.09. The van der Waals surface area contributed by atoms with Gasteiger partial charge in [-0.25, -0.2) is 0 Å². The second kappa shape index (κ2) is 8.80. The van der Waals surface area contributed by atoms with Crippen molar-refractivity contribution in [1.82, 2.24) is 0 Å². The molecule has 2 heteroatoms. The first kappa shape index (κ1) is 15.7. The van der Waals surface area contributed by atoms with E-state index in [1.807, 2.05) is 45.9 Å². The van der Waals surface area contributed by atoms with Gasteiger partial charge in [-0.1, -0.05) is 39.8 Å². The van der Waals surface area contributed by atoms with E-state index in [0.29, 0.717) is 0 Å². The number of ether oxygens (including phenoxy) is 1. The number of Topliss-reactive ketones (excluding diaryl/α,β-unsaturated/α-hetero) is 1. The Bertz CT molecular complexity index is 343. The Morgan fingerprint density at radius 3 is 2.41 bits per heavy atom. The van der Waals surface area contributed by atoms with Crippen molar-refractivity contribution in [2.45, 2.75) is 47.5 Å². The van der Waals surface area contributed by atoms with Gasteiger partial charge in [0.2, 0.25) is 0 Å². The minimum Gasteiger partial charge on any atom is -0.493 e. The molecule has 0 bridgehead atoms. The average Bonchev–Trinajstić information content (AvgIpc) is 2.42. The van der Waals surface area contributed by atoms with E-state index in [9.17, 15) is 4.79 Å². The van der Waals surface area contributed by atoms with Crippen LogP contribution < -0.4 is 4.74 Å². The fourth-order valence-electron chi connectivity index (χ4n) is 1.56. The highest BCUT2D eigenvalue weighted by molar-refractivity contribution is 5.94. The lowest BCUT2D eigenvalue weighted by molar-refractivity contribution is 0.101. The maximum atomic E-state index is 11.1. The zero-order valence-corrected chi connectivity index (χ0v) is 11.7. The number of carbonyl (C=O) groups is 1. The summed E-state index contributed by atoms with van der Waals surface area (Å²) in [6, 6.07) is 5.71. The van der Waals surface area contributed by atoms with E-state index in [-0.39, 0.29) is 5.78 Å². The molecule has 96 valence electrons. The third kappa shape index (κ3) is 4.59. The number of rotatable bonds is 1. The van der Waals surface area contributed by atoms with E-state index in [4.69, 9.17) is 4.74 Å². The molecule has 0 saturated heterocycles. The molecule has 1 aromatic rings. The van der Waals surface area contributed by atoms with Gasteiger partial charge in [-0.15, -0.1) is 0 Å². The summed E-state index contributed by atoms with van der Waals surface area (Å²) in [7, 11) is 0. The summed E-state index contributed by atoms with van der Waals surface area (Å²) in [6.45, 7) is 10.3. The van der Waals surface area contributed by atoms with Crippen molar-refractivity contribution in [2.75, 3.05) is 6.61 Å². The molecule has 0 aliphatic carbocycles. The van der Waals surface area contributed by atoms with Crippen molar-refractivity contribution < 1.29 is 9.53 Å². The Morgan fingerprint density at radius 2 is 1.82 bits per heavy atom. The van der Waals surface area contributed by atoms with Crippen LogP contribution in [0.3, 0.4) is 0 Å². The van der Waals surface area contributed by atoms with E-state index < -0.39 is 0 Å². The molecule has 0 radical (unpaired) electrons. The first-order valence-electron chi connectivity index (χ1n) is 6.54. The first-order chi connectivity index (χ1) is 8.27. The zero-order chi connectivity index (χ0) is 13.3. The molecule has 2 nitrogen and oxygen atoms in total. The number of benzene rings is 1. The van der Waals surface area contributed by atoms with Gasteiger partial charge in [0, 0.05) is 5.56 Å². The lowest BCUT2D eigenvalue weighted by atomic mass is 10.0. The second-order valence-electron chi connectivity index (χ2n) is 3.33. The Balaban J connectivity index is 0.000000581.